The van der Waals surface area contributed by atoms with Crippen LogP contribution in [0.4, 0.5) is 0 Å². The van der Waals surface area contributed by atoms with Crippen molar-refractivity contribution >= 4 is 15.9 Å². The van der Waals surface area contributed by atoms with Gasteiger partial charge in [0.25, 0.3) is 0 Å². The fourth-order valence-corrected chi connectivity index (χ4v) is 2.71. The van der Waals surface area contributed by atoms with Gasteiger partial charge in [-0.3, -0.25) is 0 Å². The highest BCUT2D eigenvalue weighted by Gasteiger charge is 2.11. The van der Waals surface area contributed by atoms with Gasteiger partial charge in [-0.05, 0) is 44.5 Å². The lowest BCUT2D eigenvalue weighted by Crippen LogP contribution is -2.17. The second kappa shape index (κ2) is 8.93. The van der Waals surface area contributed by atoms with Crippen molar-refractivity contribution in [3.63, 3.8) is 0 Å². The second-order valence-electron chi connectivity index (χ2n) is 5.59. The fourth-order valence-electron chi connectivity index (χ4n) is 2.25. The predicted octanol–water partition coefficient (Wildman–Crippen LogP) is 3.62. The lowest BCUT2D eigenvalue weighted by molar-refractivity contribution is 0.230. The number of nitrogens with one attached hydrogen (secondary N) is 1. The average Bonchev–Trinajstić information content (AvgIpc) is 3.01. The number of halogens is 1. The van der Waals surface area contributed by atoms with Crippen LogP contribution in [0.1, 0.15) is 25.8 Å². The summed E-state index contributed by atoms with van der Waals surface area (Å²) in [7, 11) is 1.67. The first kappa shape index (κ1) is 17.8. The van der Waals surface area contributed by atoms with Crippen LogP contribution in [0.25, 0.3) is 0 Å². The van der Waals surface area contributed by atoms with Gasteiger partial charge in [0.05, 0.1) is 19.5 Å². The normalized spacial score (nSPS) is 11.0. The molecule has 5 nitrogen and oxygen atoms in total. The van der Waals surface area contributed by atoms with Crippen molar-refractivity contribution in [1.82, 2.24) is 14.9 Å². The highest BCUT2D eigenvalue weighted by Crippen LogP contribution is 2.34. The summed E-state index contributed by atoms with van der Waals surface area (Å²) in [6, 6.07) is 3.99. The zero-order chi connectivity index (χ0) is 16.7. The van der Waals surface area contributed by atoms with E-state index in [4.69, 9.17) is 9.47 Å². The number of hydrogen-bond acceptors (Lipinski definition) is 4. The highest BCUT2D eigenvalue weighted by atomic mass is 79.9. The summed E-state index contributed by atoms with van der Waals surface area (Å²) in [5.74, 6) is 1.52. The van der Waals surface area contributed by atoms with Gasteiger partial charge in [-0.2, -0.15) is 0 Å². The molecular formula is C17H24BrN3O2. The van der Waals surface area contributed by atoms with Gasteiger partial charge < -0.3 is 19.4 Å². The molecule has 1 heterocycles. The third-order valence-electron chi connectivity index (χ3n) is 3.34. The summed E-state index contributed by atoms with van der Waals surface area (Å²) in [5.41, 5.74) is 1.15. The molecule has 0 spiro atoms. The van der Waals surface area contributed by atoms with Crippen molar-refractivity contribution in [2.24, 2.45) is 0 Å². The molecule has 0 bridgehead atoms. The minimum Gasteiger partial charge on any atom is -0.493 e. The number of aryl methyl sites for hydroxylation is 1. The van der Waals surface area contributed by atoms with Gasteiger partial charge in [0.1, 0.15) is 0 Å². The molecule has 1 aromatic heterocycles. The van der Waals surface area contributed by atoms with E-state index in [0.717, 1.165) is 47.6 Å². The molecule has 1 N–H and O–H groups in total. The number of hydrogen-bond donors (Lipinski definition) is 1. The van der Waals surface area contributed by atoms with Crippen LogP contribution < -0.4 is 14.8 Å². The SMILES string of the molecule is COc1cc(CNCCCn2ccnc2)c(Br)cc1OC(C)C. The summed E-state index contributed by atoms with van der Waals surface area (Å²) < 4.78 is 14.3. The predicted molar refractivity (Wildman–Crippen MR) is 95.0 cm³/mol. The standard InChI is InChI=1S/C17H24BrN3O2/c1-13(2)23-17-10-15(18)14(9-16(17)22-3)11-19-5-4-7-21-8-6-20-12-21/h6,8-10,12-13,19H,4-5,7,11H2,1-3H3. The quantitative estimate of drug-likeness (QED) is 0.673. The van der Waals surface area contributed by atoms with E-state index >= 15 is 0 Å². The van der Waals surface area contributed by atoms with Crippen molar-refractivity contribution in [2.75, 3.05) is 13.7 Å². The van der Waals surface area contributed by atoms with Gasteiger partial charge in [-0.1, -0.05) is 15.9 Å². The number of rotatable bonds is 9. The van der Waals surface area contributed by atoms with E-state index in [0.29, 0.717) is 0 Å². The van der Waals surface area contributed by atoms with E-state index in [1.165, 1.54) is 0 Å². The van der Waals surface area contributed by atoms with E-state index in [-0.39, 0.29) is 6.10 Å². The summed E-state index contributed by atoms with van der Waals surface area (Å²) in [4.78, 5) is 4.04. The first-order chi connectivity index (χ1) is 11.1. The zero-order valence-electron chi connectivity index (χ0n) is 13.9. The monoisotopic (exact) mass is 381 g/mol. The van der Waals surface area contributed by atoms with E-state index in [1.54, 1.807) is 13.3 Å². The molecule has 2 aromatic rings. The van der Waals surface area contributed by atoms with Crippen LogP contribution in [0.2, 0.25) is 0 Å². The van der Waals surface area contributed by atoms with E-state index in [2.05, 4.69) is 30.8 Å². The Bertz CT molecular complexity index is 600. The second-order valence-corrected chi connectivity index (χ2v) is 6.45. The van der Waals surface area contributed by atoms with Crippen molar-refractivity contribution in [3.8, 4) is 11.5 Å². The minimum atomic E-state index is 0.114. The van der Waals surface area contributed by atoms with Gasteiger partial charge in [0.15, 0.2) is 11.5 Å². The maximum Gasteiger partial charge on any atom is 0.162 e. The number of ether oxygens (including phenoxy) is 2. The first-order valence-electron chi connectivity index (χ1n) is 7.79. The lowest BCUT2D eigenvalue weighted by Gasteiger charge is -2.16. The lowest BCUT2D eigenvalue weighted by atomic mass is 10.2. The number of aromatic nitrogens is 2. The van der Waals surface area contributed by atoms with Gasteiger partial charge in [-0.25, -0.2) is 4.98 Å². The Balaban J connectivity index is 1.86. The number of benzene rings is 1. The number of imidazole rings is 1. The molecular weight excluding hydrogens is 358 g/mol. The Morgan fingerprint density at radius 1 is 1.30 bits per heavy atom. The van der Waals surface area contributed by atoms with Gasteiger partial charge in [0.2, 0.25) is 0 Å². The fraction of sp³-hybridized carbons (Fsp3) is 0.471. The van der Waals surface area contributed by atoms with Gasteiger partial charge >= 0.3 is 0 Å². The third-order valence-corrected chi connectivity index (χ3v) is 4.08. The molecule has 0 aliphatic heterocycles. The third kappa shape index (κ3) is 5.55. The van der Waals surface area contributed by atoms with Crippen LogP contribution in [-0.4, -0.2) is 29.3 Å². The molecule has 0 saturated carbocycles. The maximum absolute atomic E-state index is 5.77. The molecule has 2 rings (SSSR count). The Hall–Kier alpha value is -1.53. The molecule has 0 saturated heterocycles. The Morgan fingerprint density at radius 3 is 2.78 bits per heavy atom. The van der Waals surface area contributed by atoms with E-state index in [1.807, 2.05) is 38.5 Å². The molecule has 0 radical (unpaired) electrons. The maximum atomic E-state index is 5.77. The minimum absolute atomic E-state index is 0.114. The van der Waals surface area contributed by atoms with Crippen LogP contribution in [0.15, 0.2) is 35.3 Å². The molecule has 0 amide bonds. The van der Waals surface area contributed by atoms with Crippen molar-refractivity contribution in [2.45, 2.75) is 39.5 Å². The Morgan fingerprint density at radius 2 is 2.13 bits per heavy atom. The van der Waals surface area contributed by atoms with Crippen LogP contribution in [-0.2, 0) is 13.1 Å². The van der Waals surface area contributed by atoms with Gasteiger partial charge in [0, 0.05) is 30.0 Å². The van der Waals surface area contributed by atoms with Crippen molar-refractivity contribution in [3.05, 3.63) is 40.9 Å². The van der Waals surface area contributed by atoms with Crippen molar-refractivity contribution in [1.29, 1.82) is 0 Å². The Labute approximate surface area is 146 Å². The van der Waals surface area contributed by atoms with Crippen LogP contribution in [0.5, 0.6) is 11.5 Å². The first-order valence-corrected chi connectivity index (χ1v) is 8.59. The molecule has 23 heavy (non-hydrogen) atoms. The molecule has 0 unspecified atom stereocenters. The summed E-state index contributed by atoms with van der Waals surface area (Å²) in [5, 5.41) is 3.46. The molecule has 0 fully saturated rings. The molecule has 0 aliphatic carbocycles. The molecule has 126 valence electrons. The highest BCUT2D eigenvalue weighted by molar-refractivity contribution is 9.10. The summed E-state index contributed by atoms with van der Waals surface area (Å²) >= 11 is 3.61. The van der Waals surface area contributed by atoms with Crippen LogP contribution >= 0.6 is 15.9 Å². The van der Waals surface area contributed by atoms with E-state index in [9.17, 15) is 0 Å². The van der Waals surface area contributed by atoms with Gasteiger partial charge in [-0.15, -0.1) is 0 Å². The van der Waals surface area contributed by atoms with Crippen LogP contribution in [0, 0.1) is 0 Å². The molecule has 0 aliphatic rings. The largest absolute Gasteiger partial charge is 0.493 e. The molecule has 1 aromatic carbocycles. The topological polar surface area (TPSA) is 48.3 Å². The summed E-state index contributed by atoms with van der Waals surface area (Å²) in [6.45, 7) is 6.70. The molecule has 6 heteroatoms. The molecule has 0 atom stereocenters. The summed E-state index contributed by atoms with van der Waals surface area (Å²) in [6.07, 6.45) is 6.80. The van der Waals surface area contributed by atoms with Crippen LogP contribution in [0.3, 0.4) is 0 Å². The Kier molecular flexibility index (Phi) is 6.92. The van der Waals surface area contributed by atoms with Crippen molar-refractivity contribution < 1.29 is 9.47 Å². The number of methoxy groups -OCH3 is 1. The van der Waals surface area contributed by atoms with E-state index < -0.39 is 0 Å². The zero-order valence-corrected chi connectivity index (χ0v) is 15.5. The smallest absolute Gasteiger partial charge is 0.162 e. The average molecular weight is 382 g/mol. The number of nitrogens with zero attached hydrogens (tertiary/aromatic N) is 2.